The van der Waals surface area contributed by atoms with Crippen LogP contribution in [0.25, 0.3) is 0 Å². The minimum Gasteiger partial charge on any atom is -0.435 e. The molecule has 1 aromatic rings. The van der Waals surface area contributed by atoms with Crippen molar-refractivity contribution in [1.82, 2.24) is 5.32 Å². The Kier molecular flexibility index (Phi) is 5.81. The molecule has 23 heavy (non-hydrogen) atoms. The normalized spacial score (nSPS) is 21.3. The maximum Gasteiger partial charge on any atom is 0.387 e. The molecule has 0 aliphatic heterocycles. The quantitative estimate of drug-likeness (QED) is 0.814. The largest absolute Gasteiger partial charge is 0.435 e. The van der Waals surface area contributed by atoms with Gasteiger partial charge in [-0.3, -0.25) is 4.79 Å². The number of rotatable bonds is 5. The van der Waals surface area contributed by atoms with Gasteiger partial charge in [0.1, 0.15) is 22.9 Å². The number of halogens is 4. The van der Waals surface area contributed by atoms with Crippen LogP contribution in [0.3, 0.4) is 0 Å². The number of ether oxygens (including phenoxy) is 1. The summed E-state index contributed by atoms with van der Waals surface area (Å²) < 4.78 is 55.8. The lowest BCUT2D eigenvalue weighted by atomic mass is 9.85. The molecule has 1 amide bonds. The highest BCUT2D eigenvalue weighted by Gasteiger charge is 2.28. The molecule has 0 radical (unpaired) electrons. The Balaban J connectivity index is 2.15. The van der Waals surface area contributed by atoms with Gasteiger partial charge in [0, 0.05) is 30.7 Å². The molecule has 0 saturated heterocycles. The third-order valence-corrected chi connectivity index (χ3v) is 3.93. The number of benzene rings is 1. The number of hydrogen-bond acceptors (Lipinski definition) is 3. The van der Waals surface area contributed by atoms with Gasteiger partial charge in [0.05, 0.1) is 0 Å². The van der Waals surface area contributed by atoms with Crippen LogP contribution in [0.15, 0.2) is 12.1 Å². The van der Waals surface area contributed by atoms with Crippen molar-refractivity contribution < 1.29 is 32.2 Å². The van der Waals surface area contributed by atoms with Crippen LogP contribution >= 0.6 is 0 Å². The van der Waals surface area contributed by atoms with Crippen LogP contribution < -0.4 is 10.1 Å². The topological polar surface area (TPSA) is 58.6 Å². The monoisotopic (exact) mass is 335 g/mol. The minimum atomic E-state index is -3.22. The SMILES string of the molecule is O=C(NC1CCCCC1CO)c1c(F)cc(OC(F)F)cc1F. The van der Waals surface area contributed by atoms with E-state index in [1.165, 1.54) is 0 Å². The van der Waals surface area contributed by atoms with E-state index in [4.69, 9.17) is 0 Å². The van der Waals surface area contributed by atoms with Gasteiger partial charge in [0.25, 0.3) is 5.91 Å². The van der Waals surface area contributed by atoms with E-state index >= 15 is 0 Å². The van der Waals surface area contributed by atoms with Gasteiger partial charge in [0.15, 0.2) is 0 Å². The smallest absolute Gasteiger partial charge is 0.387 e. The van der Waals surface area contributed by atoms with Crippen molar-refractivity contribution >= 4 is 5.91 Å². The fraction of sp³-hybridized carbons (Fsp3) is 0.533. The molecule has 2 unspecified atom stereocenters. The number of aliphatic hydroxyl groups is 1. The summed E-state index contributed by atoms with van der Waals surface area (Å²) in [5, 5.41) is 11.8. The maximum absolute atomic E-state index is 13.9. The Hall–Kier alpha value is -1.83. The molecule has 1 fully saturated rings. The highest BCUT2D eigenvalue weighted by molar-refractivity contribution is 5.95. The molecule has 1 aliphatic rings. The summed E-state index contributed by atoms with van der Waals surface area (Å²) in [5.74, 6) is -4.41. The highest BCUT2D eigenvalue weighted by Crippen LogP contribution is 2.26. The van der Waals surface area contributed by atoms with Gasteiger partial charge in [-0.1, -0.05) is 12.8 Å². The van der Waals surface area contributed by atoms with Crippen LogP contribution in [0.1, 0.15) is 36.0 Å². The Morgan fingerprint density at radius 2 is 1.87 bits per heavy atom. The van der Waals surface area contributed by atoms with Crippen LogP contribution in [0.5, 0.6) is 5.75 Å². The Bertz CT molecular complexity index is 545. The molecular formula is C15H17F4NO3. The first-order chi connectivity index (χ1) is 10.9. The number of aliphatic hydroxyl groups excluding tert-OH is 1. The summed E-state index contributed by atoms with van der Waals surface area (Å²) in [5.41, 5.74) is -0.853. The van der Waals surface area contributed by atoms with Crippen molar-refractivity contribution in [2.75, 3.05) is 6.61 Å². The Morgan fingerprint density at radius 1 is 1.26 bits per heavy atom. The van der Waals surface area contributed by atoms with Gasteiger partial charge in [-0.2, -0.15) is 8.78 Å². The zero-order valence-corrected chi connectivity index (χ0v) is 12.2. The molecule has 1 saturated carbocycles. The first-order valence-electron chi connectivity index (χ1n) is 7.28. The minimum absolute atomic E-state index is 0.128. The predicted molar refractivity (Wildman–Crippen MR) is 73.3 cm³/mol. The number of hydrogen-bond donors (Lipinski definition) is 2. The first kappa shape index (κ1) is 17.5. The predicted octanol–water partition coefficient (Wildman–Crippen LogP) is 2.85. The molecular weight excluding hydrogens is 318 g/mol. The Morgan fingerprint density at radius 3 is 2.43 bits per heavy atom. The molecule has 2 rings (SSSR count). The molecule has 4 nitrogen and oxygen atoms in total. The molecule has 0 spiro atoms. The lowest BCUT2D eigenvalue weighted by Crippen LogP contribution is -2.43. The lowest BCUT2D eigenvalue weighted by Gasteiger charge is -2.30. The summed E-state index contributed by atoms with van der Waals surface area (Å²) in [4.78, 5) is 12.1. The highest BCUT2D eigenvalue weighted by atomic mass is 19.3. The molecule has 1 aromatic carbocycles. The average molecular weight is 335 g/mol. The summed E-state index contributed by atoms with van der Waals surface area (Å²) >= 11 is 0. The maximum atomic E-state index is 13.9. The van der Waals surface area contributed by atoms with Gasteiger partial charge >= 0.3 is 6.61 Å². The van der Waals surface area contributed by atoms with Gasteiger partial charge in [-0.05, 0) is 12.8 Å². The Labute approximate surface area is 130 Å². The second kappa shape index (κ2) is 7.63. The van der Waals surface area contributed by atoms with E-state index in [-0.39, 0.29) is 18.6 Å². The molecule has 0 heterocycles. The molecule has 0 bridgehead atoms. The van der Waals surface area contributed by atoms with Crippen LogP contribution in [0, 0.1) is 17.6 Å². The van der Waals surface area contributed by atoms with Crippen molar-refractivity contribution in [3.05, 3.63) is 29.3 Å². The zero-order chi connectivity index (χ0) is 17.0. The summed E-state index contributed by atoms with van der Waals surface area (Å²) in [6.45, 7) is -3.35. The van der Waals surface area contributed by atoms with Crippen LogP contribution in [0.2, 0.25) is 0 Å². The lowest BCUT2D eigenvalue weighted by molar-refractivity contribution is -0.0501. The fourth-order valence-corrected chi connectivity index (χ4v) is 2.79. The summed E-state index contributed by atoms with van der Waals surface area (Å²) in [6, 6.07) is 0.695. The molecule has 128 valence electrons. The average Bonchev–Trinajstić information content (AvgIpc) is 2.46. The molecule has 8 heteroatoms. The van der Waals surface area contributed by atoms with E-state index < -0.39 is 35.5 Å². The van der Waals surface area contributed by atoms with Gasteiger partial charge in [-0.15, -0.1) is 0 Å². The number of amides is 1. The second-order valence-electron chi connectivity index (χ2n) is 5.45. The summed E-state index contributed by atoms with van der Waals surface area (Å²) in [6.07, 6.45) is 3.08. The molecule has 2 atom stereocenters. The summed E-state index contributed by atoms with van der Waals surface area (Å²) in [7, 11) is 0. The second-order valence-corrected chi connectivity index (χ2v) is 5.45. The van der Waals surface area contributed by atoms with Crippen molar-refractivity contribution in [3.8, 4) is 5.75 Å². The number of nitrogens with one attached hydrogen (secondary N) is 1. The van der Waals surface area contributed by atoms with Gasteiger partial charge in [-0.25, -0.2) is 8.78 Å². The van der Waals surface area contributed by atoms with Crippen molar-refractivity contribution in [2.24, 2.45) is 5.92 Å². The van der Waals surface area contributed by atoms with Crippen LogP contribution in [-0.2, 0) is 0 Å². The first-order valence-corrected chi connectivity index (χ1v) is 7.28. The third kappa shape index (κ3) is 4.34. The molecule has 0 aromatic heterocycles. The van der Waals surface area contributed by atoms with Crippen LogP contribution in [0.4, 0.5) is 17.6 Å². The van der Waals surface area contributed by atoms with Crippen molar-refractivity contribution in [3.63, 3.8) is 0 Å². The van der Waals surface area contributed by atoms with E-state index in [0.717, 1.165) is 12.8 Å². The van der Waals surface area contributed by atoms with E-state index in [2.05, 4.69) is 10.1 Å². The standard InChI is InChI=1S/C15H17F4NO3/c16-10-5-9(23-15(18)19)6-11(17)13(10)14(22)20-12-4-2-1-3-8(12)7-21/h5-6,8,12,15,21H,1-4,7H2,(H,20,22). The number of carbonyl (C=O) groups is 1. The molecule has 2 N–H and O–H groups in total. The third-order valence-electron chi connectivity index (χ3n) is 3.93. The van der Waals surface area contributed by atoms with E-state index in [0.29, 0.717) is 25.0 Å². The van der Waals surface area contributed by atoms with E-state index in [1.807, 2.05) is 0 Å². The zero-order valence-electron chi connectivity index (χ0n) is 12.2. The number of carbonyl (C=O) groups excluding carboxylic acids is 1. The number of alkyl halides is 2. The van der Waals surface area contributed by atoms with Gasteiger partial charge < -0.3 is 15.2 Å². The van der Waals surface area contributed by atoms with E-state index in [1.54, 1.807) is 0 Å². The fourth-order valence-electron chi connectivity index (χ4n) is 2.79. The molecule has 1 aliphatic carbocycles. The van der Waals surface area contributed by atoms with Crippen molar-refractivity contribution in [1.29, 1.82) is 0 Å². The van der Waals surface area contributed by atoms with E-state index in [9.17, 15) is 27.5 Å². The van der Waals surface area contributed by atoms with Gasteiger partial charge in [0.2, 0.25) is 0 Å². The van der Waals surface area contributed by atoms with Crippen molar-refractivity contribution in [2.45, 2.75) is 38.3 Å². The van der Waals surface area contributed by atoms with Crippen LogP contribution in [-0.4, -0.2) is 30.3 Å².